The topological polar surface area (TPSA) is 333 Å². The van der Waals surface area contributed by atoms with E-state index < -0.39 is 91.4 Å². The summed E-state index contributed by atoms with van der Waals surface area (Å²) in [7, 11) is 0. The molecule has 208 valence electrons. The predicted molar refractivity (Wildman–Crippen MR) is 124 cm³/mol. The molecule has 18 nitrogen and oxygen atoms in total. The largest absolute Gasteiger partial charge is 0.481 e. The monoisotopic (exact) mass is 532 g/mol. The highest BCUT2D eigenvalue weighted by Gasteiger charge is 2.31. The molecule has 0 spiro atoms. The number of carboxylic acid groups (broad SMARTS) is 3. The third kappa shape index (κ3) is 14.5. The van der Waals surface area contributed by atoms with E-state index in [4.69, 9.17) is 33.1 Å². The summed E-state index contributed by atoms with van der Waals surface area (Å²) in [5.41, 5.74) is 21.1. The maximum Gasteiger partial charge on any atom is 0.326 e. The molecule has 0 fully saturated rings. The van der Waals surface area contributed by atoms with E-state index in [2.05, 4.69) is 15.6 Å². The molecule has 0 aromatic heterocycles. The van der Waals surface area contributed by atoms with Crippen LogP contribution >= 0.6 is 0 Å². The molecule has 4 amide bonds. The van der Waals surface area contributed by atoms with Crippen molar-refractivity contribution < 1.29 is 48.9 Å². The van der Waals surface area contributed by atoms with Gasteiger partial charge in [-0.2, -0.15) is 0 Å². The lowest BCUT2D eigenvalue weighted by Gasteiger charge is -2.24. The average Bonchev–Trinajstić information content (AvgIpc) is 2.76. The molecule has 0 aliphatic rings. The molecule has 0 saturated carbocycles. The SMILES string of the molecule is NC(=O)CC(NC(=O)C(CCCN=C(N)N)NC(=O)C(N)CC(=O)O)C(=O)NC(CCC(=O)O)C(=O)O. The molecule has 0 aliphatic carbocycles. The molecule has 0 aromatic rings. The van der Waals surface area contributed by atoms with Crippen LogP contribution in [0.5, 0.6) is 0 Å². The molecule has 0 heterocycles. The number of hydrogen-bond donors (Lipinski definition) is 10. The van der Waals surface area contributed by atoms with Gasteiger partial charge in [-0.15, -0.1) is 0 Å². The molecule has 4 atom stereocenters. The molecule has 0 saturated heterocycles. The Kier molecular flexibility index (Phi) is 14.3. The maximum atomic E-state index is 12.9. The zero-order chi connectivity index (χ0) is 28.7. The third-order valence-electron chi connectivity index (χ3n) is 4.61. The van der Waals surface area contributed by atoms with Gasteiger partial charge in [0.1, 0.15) is 18.1 Å². The van der Waals surface area contributed by atoms with Gasteiger partial charge in [0.15, 0.2) is 5.96 Å². The fraction of sp³-hybridized carbons (Fsp3) is 0.579. The number of aliphatic imine (C=N–C) groups is 1. The van der Waals surface area contributed by atoms with Crippen LogP contribution in [0.4, 0.5) is 0 Å². The van der Waals surface area contributed by atoms with Crippen LogP contribution in [-0.4, -0.2) is 93.5 Å². The fourth-order valence-corrected chi connectivity index (χ4v) is 2.81. The van der Waals surface area contributed by atoms with Gasteiger partial charge < -0.3 is 54.2 Å². The van der Waals surface area contributed by atoms with Crippen LogP contribution < -0.4 is 38.9 Å². The predicted octanol–water partition coefficient (Wildman–Crippen LogP) is -4.88. The molecule has 0 rings (SSSR count). The number of amides is 4. The lowest BCUT2D eigenvalue weighted by molar-refractivity contribution is -0.143. The van der Waals surface area contributed by atoms with Crippen molar-refractivity contribution >= 4 is 47.5 Å². The summed E-state index contributed by atoms with van der Waals surface area (Å²) in [4.78, 5) is 85.9. The van der Waals surface area contributed by atoms with E-state index in [1.807, 2.05) is 5.32 Å². The molecule has 37 heavy (non-hydrogen) atoms. The molecule has 4 unspecified atom stereocenters. The van der Waals surface area contributed by atoms with Crippen LogP contribution in [0.15, 0.2) is 4.99 Å². The van der Waals surface area contributed by atoms with Crippen LogP contribution in [0.3, 0.4) is 0 Å². The van der Waals surface area contributed by atoms with Crippen LogP contribution in [0.1, 0.15) is 38.5 Å². The Morgan fingerprint density at radius 2 is 1.24 bits per heavy atom. The number of nitrogens with two attached hydrogens (primary N) is 4. The highest BCUT2D eigenvalue weighted by Crippen LogP contribution is 2.05. The van der Waals surface area contributed by atoms with E-state index in [-0.39, 0.29) is 25.3 Å². The van der Waals surface area contributed by atoms with Gasteiger partial charge in [0, 0.05) is 13.0 Å². The molecule has 0 bridgehead atoms. The lowest BCUT2D eigenvalue weighted by atomic mass is 10.1. The third-order valence-corrected chi connectivity index (χ3v) is 4.61. The number of aliphatic carboxylic acids is 3. The van der Waals surface area contributed by atoms with Crippen LogP contribution in [0.25, 0.3) is 0 Å². The Hall–Kier alpha value is -4.48. The number of carbonyl (C=O) groups excluding carboxylic acids is 4. The molecule has 0 aromatic carbocycles. The highest BCUT2D eigenvalue weighted by atomic mass is 16.4. The summed E-state index contributed by atoms with van der Waals surface area (Å²) >= 11 is 0. The number of nitrogens with zero attached hydrogens (tertiary/aromatic N) is 1. The first-order valence-electron chi connectivity index (χ1n) is 10.8. The minimum absolute atomic E-state index is 0.0399. The Balaban J connectivity index is 5.66. The minimum atomic E-state index is -1.69. The van der Waals surface area contributed by atoms with E-state index >= 15 is 0 Å². The Labute approximate surface area is 210 Å². The molecular weight excluding hydrogens is 500 g/mol. The molecule has 18 heteroatoms. The van der Waals surface area contributed by atoms with Gasteiger partial charge in [0.05, 0.1) is 18.9 Å². The van der Waals surface area contributed by atoms with Crippen LogP contribution in [0, 0.1) is 0 Å². The van der Waals surface area contributed by atoms with E-state index in [9.17, 15) is 38.7 Å². The van der Waals surface area contributed by atoms with Gasteiger partial charge in [0.25, 0.3) is 0 Å². The first-order chi connectivity index (χ1) is 17.1. The molecule has 0 radical (unpaired) electrons. The number of carbonyl (C=O) groups is 7. The number of carboxylic acids is 3. The Bertz CT molecular complexity index is 905. The first kappa shape index (κ1) is 32.5. The second kappa shape index (κ2) is 16.2. The number of nitrogens with one attached hydrogen (secondary N) is 3. The van der Waals surface area contributed by atoms with Crippen molar-refractivity contribution in [1.82, 2.24) is 16.0 Å². The molecule has 14 N–H and O–H groups in total. The zero-order valence-electron chi connectivity index (χ0n) is 19.7. The number of rotatable bonds is 18. The highest BCUT2D eigenvalue weighted by molar-refractivity contribution is 5.96. The summed E-state index contributed by atoms with van der Waals surface area (Å²) < 4.78 is 0. The van der Waals surface area contributed by atoms with Gasteiger partial charge in [-0.05, 0) is 19.3 Å². The van der Waals surface area contributed by atoms with Crippen LogP contribution in [0.2, 0.25) is 0 Å². The van der Waals surface area contributed by atoms with Gasteiger partial charge >= 0.3 is 17.9 Å². The lowest BCUT2D eigenvalue weighted by Crippen LogP contribution is -2.57. The van der Waals surface area contributed by atoms with E-state index in [0.717, 1.165) is 0 Å². The van der Waals surface area contributed by atoms with Crippen molar-refractivity contribution in [2.24, 2.45) is 27.9 Å². The summed E-state index contributed by atoms with van der Waals surface area (Å²) in [6.45, 7) is 0.0399. The van der Waals surface area contributed by atoms with Crippen molar-refractivity contribution in [3.05, 3.63) is 0 Å². The van der Waals surface area contributed by atoms with Crippen molar-refractivity contribution in [1.29, 1.82) is 0 Å². The van der Waals surface area contributed by atoms with Crippen molar-refractivity contribution in [2.75, 3.05) is 6.54 Å². The second-order valence-electron chi connectivity index (χ2n) is 7.78. The normalized spacial score (nSPS) is 13.6. The summed E-state index contributed by atoms with van der Waals surface area (Å²) in [5.74, 6) is -8.70. The van der Waals surface area contributed by atoms with Crippen molar-refractivity contribution in [3.8, 4) is 0 Å². The van der Waals surface area contributed by atoms with Crippen molar-refractivity contribution in [3.63, 3.8) is 0 Å². The van der Waals surface area contributed by atoms with Crippen molar-refractivity contribution in [2.45, 2.75) is 62.7 Å². The number of primary amides is 1. The minimum Gasteiger partial charge on any atom is -0.481 e. The number of hydrogen-bond acceptors (Lipinski definition) is 9. The zero-order valence-corrected chi connectivity index (χ0v) is 19.7. The Morgan fingerprint density at radius 3 is 1.73 bits per heavy atom. The fourth-order valence-electron chi connectivity index (χ4n) is 2.81. The smallest absolute Gasteiger partial charge is 0.326 e. The van der Waals surface area contributed by atoms with Gasteiger partial charge in [-0.25, -0.2) is 4.79 Å². The quantitative estimate of drug-likeness (QED) is 0.0450. The maximum absolute atomic E-state index is 12.9. The van der Waals surface area contributed by atoms with E-state index in [1.54, 1.807) is 0 Å². The first-order valence-corrected chi connectivity index (χ1v) is 10.8. The number of guanidine groups is 1. The summed E-state index contributed by atoms with van der Waals surface area (Å²) in [6.07, 6.45) is -2.57. The summed E-state index contributed by atoms with van der Waals surface area (Å²) in [6, 6.07) is -6.26. The second-order valence-corrected chi connectivity index (χ2v) is 7.78. The van der Waals surface area contributed by atoms with Gasteiger partial charge in [-0.1, -0.05) is 0 Å². The van der Waals surface area contributed by atoms with Gasteiger partial charge in [0.2, 0.25) is 23.6 Å². The Morgan fingerprint density at radius 1 is 0.703 bits per heavy atom. The average molecular weight is 533 g/mol. The molecular formula is C19H32N8O10. The van der Waals surface area contributed by atoms with E-state index in [0.29, 0.717) is 0 Å². The van der Waals surface area contributed by atoms with Crippen LogP contribution in [-0.2, 0) is 33.6 Å². The standard InChI is InChI=1S/C19H32N8O10/c20-8(6-14(31)32)15(33)25-9(2-1-5-24-19(22)23)16(34)27-11(7-12(21)28)17(35)26-10(18(36)37)3-4-13(29)30/h8-11H,1-7,20H2,(H2,21,28)(H,25,33)(H,26,35)(H,27,34)(H,29,30)(H,31,32)(H,36,37)(H4,22,23,24). The van der Waals surface area contributed by atoms with E-state index in [1.165, 1.54) is 0 Å². The molecule has 0 aliphatic heterocycles. The summed E-state index contributed by atoms with van der Waals surface area (Å²) in [5, 5.41) is 33.2. The van der Waals surface area contributed by atoms with Gasteiger partial charge in [-0.3, -0.25) is 33.8 Å².